The molecule has 0 fully saturated rings. The summed E-state index contributed by atoms with van der Waals surface area (Å²) in [6.07, 6.45) is 2.06. The molecule has 5 nitrogen and oxygen atoms in total. The van der Waals surface area contributed by atoms with Gasteiger partial charge in [0.2, 0.25) is 0 Å². The van der Waals surface area contributed by atoms with E-state index in [1.807, 2.05) is 42.9 Å². The molecule has 0 unspecified atom stereocenters. The van der Waals surface area contributed by atoms with Gasteiger partial charge in [-0.05, 0) is 24.3 Å². The van der Waals surface area contributed by atoms with E-state index >= 15 is 0 Å². The summed E-state index contributed by atoms with van der Waals surface area (Å²) in [5.41, 5.74) is 3.18. The van der Waals surface area contributed by atoms with Crippen molar-refractivity contribution in [1.29, 1.82) is 0 Å². The molecule has 0 aliphatic rings. The van der Waals surface area contributed by atoms with Crippen LogP contribution in [0.2, 0.25) is 0 Å². The zero-order chi connectivity index (χ0) is 16.7. The van der Waals surface area contributed by atoms with Gasteiger partial charge >= 0.3 is 0 Å². The second-order valence-corrected chi connectivity index (χ2v) is 5.77. The van der Waals surface area contributed by atoms with Crippen LogP contribution in [0.25, 0.3) is 33.7 Å². The molecular formula is C19H18N4O. The third-order valence-electron chi connectivity index (χ3n) is 4.39. The Hall–Kier alpha value is -3.08. The van der Waals surface area contributed by atoms with Gasteiger partial charge in [0.1, 0.15) is 5.75 Å². The second kappa shape index (κ2) is 5.53. The number of methoxy groups -OCH3 is 1. The smallest absolute Gasteiger partial charge is 0.167 e. The van der Waals surface area contributed by atoms with Crippen molar-refractivity contribution < 1.29 is 4.74 Å². The maximum absolute atomic E-state index is 5.46. The summed E-state index contributed by atoms with van der Waals surface area (Å²) in [6, 6.07) is 16.2. The van der Waals surface area contributed by atoms with Crippen LogP contribution in [-0.2, 0) is 14.1 Å². The summed E-state index contributed by atoms with van der Waals surface area (Å²) < 4.78 is 9.58. The molecule has 4 rings (SSSR count). The molecule has 120 valence electrons. The highest BCUT2D eigenvalue weighted by molar-refractivity contribution is 5.94. The maximum Gasteiger partial charge on any atom is 0.167 e. The third kappa shape index (κ3) is 2.09. The van der Waals surface area contributed by atoms with Crippen molar-refractivity contribution in [3.05, 3.63) is 54.7 Å². The Labute approximate surface area is 140 Å². The molecule has 0 saturated carbocycles. The highest BCUT2D eigenvalue weighted by Gasteiger charge is 2.17. The van der Waals surface area contributed by atoms with Crippen molar-refractivity contribution in [2.24, 2.45) is 14.1 Å². The third-order valence-corrected chi connectivity index (χ3v) is 4.39. The van der Waals surface area contributed by atoms with E-state index < -0.39 is 0 Å². The van der Waals surface area contributed by atoms with Crippen LogP contribution in [0.1, 0.15) is 0 Å². The number of fused-ring (bicyclic) bond motifs is 1. The van der Waals surface area contributed by atoms with Crippen LogP contribution in [0.3, 0.4) is 0 Å². The Balaban J connectivity index is 1.91. The quantitative estimate of drug-likeness (QED) is 0.579. The highest BCUT2D eigenvalue weighted by atomic mass is 16.5. The predicted octanol–water partition coefficient (Wildman–Crippen LogP) is 3.65. The van der Waals surface area contributed by atoms with Gasteiger partial charge < -0.3 is 13.9 Å². The Morgan fingerprint density at radius 2 is 1.54 bits per heavy atom. The van der Waals surface area contributed by atoms with E-state index in [1.165, 1.54) is 10.9 Å². The SMILES string of the molecule is COc1ccccc1-c1nnc(-c2cccc3c2ccn3C)n1C. The summed E-state index contributed by atoms with van der Waals surface area (Å²) in [5.74, 6) is 2.42. The van der Waals surface area contributed by atoms with Gasteiger partial charge in [-0.25, -0.2) is 0 Å². The van der Waals surface area contributed by atoms with Gasteiger partial charge in [0.05, 0.1) is 12.7 Å². The van der Waals surface area contributed by atoms with E-state index in [4.69, 9.17) is 4.74 Å². The van der Waals surface area contributed by atoms with Crippen molar-refractivity contribution >= 4 is 10.9 Å². The summed E-state index contributed by atoms with van der Waals surface area (Å²) in [5, 5.41) is 10.0. The number of hydrogen-bond acceptors (Lipinski definition) is 3. The molecule has 0 saturated heterocycles. The molecule has 0 spiro atoms. The van der Waals surface area contributed by atoms with E-state index in [0.29, 0.717) is 0 Å². The first-order valence-electron chi connectivity index (χ1n) is 7.78. The minimum Gasteiger partial charge on any atom is -0.496 e. The van der Waals surface area contributed by atoms with Gasteiger partial charge in [-0.3, -0.25) is 0 Å². The molecule has 0 aliphatic heterocycles. The van der Waals surface area contributed by atoms with E-state index in [-0.39, 0.29) is 0 Å². The van der Waals surface area contributed by atoms with Gasteiger partial charge in [0.25, 0.3) is 0 Å². The van der Waals surface area contributed by atoms with Crippen LogP contribution in [0.15, 0.2) is 54.7 Å². The molecule has 2 aromatic heterocycles. The van der Waals surface area contributed by atoms with Crippen LogP contribution < -0.4 is 4.74 Å². The van der Waals surface area contributed by atoms with Gasteiger partial charge in [0.15, 0.2) is 11.6 Å². The molecule has 5 heteroatoms. The fourth-order valence-corrected chi connectivity index (χ4v) is 3.13. The lowest BCUT2D eigenvalue weighted by molar-refractivity contribution is 0.416. The topological polar surface area (TPSA) is 44.9 Å². The first kappa shape index (κ1) is 14.5. The Morgan fingerprint density at radius 3 is 2.33 bits per heavy atom. The van der Waals surface area contributed by atoms with Crippen molar-refractivity contribution in [1.82, 2.24) is 19.3 Å². The zero-order valence-corrected chi connectivity index (χ0v) is 13.9. The van der Waals surface area contributed by atoms with Crippen LogP contribution in [-0.4, -0.2) is 26.4 Å². The van der Waals surface area contributed by atoms with E-state index in [1.54, 1.807) is 7.11 Å². The van der Waals surface area contributed by atoms with Crippen molar-refractivity contribution in [3.8, 4) is 28.5 Å². The predicted molar refractivity (Wildman–Crippen MR) is 94.9 cm³/mol. The molecular weight excluding hydrogens is 300 g/mol. The fourth-order valence-electron chi connectivity index (χ4n) is 3.13. The lowest BCUT2D eigenvalue weighted by Crippen LogP contribution is -1.98. The van der Waals surface area contributed by atoms with Crippen LogP contribution in [0, 0.1) is 0 Å². The molecule has 24 heavy (non-hydrogen) atoms. The lowest BCUT2D eigenvalue weighted by Gasteiger charge is -2.09. The zero-order valence-electron chi connectivity index (χ0n) is 13.9. The number of aromatic nitrogens is 4. The van der Waals surface area contributed by atoms with Crippen molar-refractivity contribution in [3.63, 3.8) is 0 Å². The average molecular weight is 318 g/mol. The summed E-state index contributed by atoms with van der Waals surface area (Å²) in [4.78, 5) is 0. The van der Waals surface area contributed by atoms with Gasteiger partial charge in [-0.1, -0.05) is 24.3 Å². The van der Waals surface area contributed by atoms with Crippen molar-refractivity contribution in [2.45, 2.75) is 0 Å². The van der Waals surface area contributed by atoms with Gasteiger partial charge in [-0.15, -0.1) is 10.2 Å². The van der Waals surface area contributed by atoms with Crippen molar-refractivity contribution in [2.75, 3.05) is 7.11 Å². The molecule has 0 radical (unpaired) electrons. The number of hydrogen-bond donors (Lipinski definition) is 0. The lowest BCUT2D eigenvalue weighted by atomic mass is 10.1. The second-order valence-electron chi connectivity index (χ2n) is 5.77. The van der Waals surface area contributed by atoms with Crippen LogP contribution in [0.5, 0.6) is 5.75 Å². The largest absolute Gasteiger partial charge is 0.496 e. The normalized spacial score (nSPS) is 11.1. The Bertz CT molecular complexity index is 1030. The minimum atomic E-state index is 0.787. The number of para-hydroxylation sites is 1. The molecule has 0 amide bonds. The van der Waals surface area contributed by atoms with Crippen LogP contribution in [0.4, 0.5) is 0 Å². The van der Waals surface area contributed by atoms with E-state index in [2.05, 4.69) is 45.2 Å². The average Bonchev–Trinajstić information content (AvgIpc) is 3.18. The molecule has 0 N–H and O–H groups in total. The first-order chi connectivity index (χ1) is 11.7. The van der Waals surface area contributed by atoms with E-state index in [0.717, 1.165) is 28.5 Å². The molecule has 4 aromatic rings. The minimum absolute atomic E-state index is 0.787. The summed E-state index contributed by atoms with van der Waals surface area (Å²) in [7, 11) is 5.70. The fraction of sp³-hybridized carbons (Fsp3) is 0.158. The number of nitrogens with zero attached hydrogens (tertiary/aromatic N) is 4. The number of aryl methyl sites for hydroxylation is 1. The first-order valence-corrected chi connectivity index (χ1v) is 7.78. The number of benzene rings is 2. The molecule has 0 aliphatic carbocycles. The monoisotopic (exact) mass is 318 g/mol. The summed E-state index contributed by atoms with van der Waals surface area (Å²) in [6.45, 7) is 0. The Kier molecular flexibility index (Phi) is 3.34. The van der Waals surface area contributed by atoms with Crippen LogP contribution >= 0.6 is 0 Å². The molecule has 0 bridgehead atoms. The molecule has 2 aromatic carbocycles. The van der Waals surface area contributed by atoms with E-state index in [9.17, 15) is 0 Å². The standard InChI is InChI=1S/C19H18N4O/c1-22-12-11-13-14(8-6-9-16(13)22)18-20-21-19(23(18)2)15-7-4-5-10-17(15)24-3/h4-12H,1-3H3. The summed E-state index contributed by atoms with van der Waals surface area (Å²) >= 11 is 0. The van der Waals surface area contributed by atoms with Gasteiger partial charge in [0, 0.05) is 36.8 Å². The Morgan fingerprint density at radius 1 is 0.833 bits per heavy atom. The number of ether oxygens (including phenoxy) is 1. The number of rotatable bonds is 3. The van der Waals surface area contributed by atoms with Gasteiger partial charge in [-0.2, -0.15) is 0 Å². The molecule has 2 heterocycles. The maximum atomic E-state index is 5.46. The molecule has 0 atom stereocenters. The highest BCUT2D eigenvalue weighted by Crippen LogP contribution is 2.32.